The van der Waals surface area contributed by atoms with Gasteiger partial charge < -0.3 is 4.90 Å². The molecule has 2 rings (SSSR count). The smallest absolute Gasteiger partial charge is 0.104 e. The highest BCUT2D eigenvalue weighted by Crippen LogP contribution is 2.37. The van der Waals surface area contributed by atoms with Gasteiger partial charge >= 0.3 is 0 Å². The molecule has 0 aromatic heterocycles. The van der Waals surface area contributed by atoms with Crippen molar-refractivity contribution < 1.29 is 0 Å². The summed E-state index contributed by atoms with van der Waals surface area (Å²) in [5, 5.41) is 12.7. The molecule has 1 aliphatic heterocycles. The Hall–Kier alpha value is -0.590. The summed E-state index contributed by atoms with van der Waals surface area (Å²) in [6, 6.07) is 2.82. The second-order valence-corrected chi connectivity index (χ2v) is 7.41. The summed E-state index contributed by atoms with van der Waals surface area (Å²) in [4.78, 5) is 2.66. The van der Waals surface area contributed by atoms with Crippen molar-refractivity contribution in [1.29, 1.82) is 5.26 Å². The molecule has 0 spiro atoms. The molecule has 0 aromatic carbocycles. The zero-order chi connectivity index (χ0) is 14.6. The molecule has 1 heterocycles. The molecule has 3 heteroatoms. The van der Waals surface area contributed by atoms with Crippen molar-refractivity contribution in [2.24, 2.45) is 11.8 Å². The lowest BCUT2D eigenvalue weighted by atomic mass is 9.95. The van der Waals surface area contributed by atoms with Gasteiger partial charge in [-0.3, -0.25) is 5.32 Å². The highest BCUT2D eigenvalue weighted by molar-refractivity contribution is 5.04. The van der Waals surface area contributed by atoms with Crippen molar-refractivity contribution >= 4 is 0 Å². The number of hydrogen-bond donors (Lipinski definition) is 1. The lowest BCUT2D eigenvalue weighted by Gasteiger charge is -2.26. The molecule has 3 nitrogen and oxygen atoms in total. The summed E-state index contributed by atoms with van der Waals surface area (Å²) in [5.41, 5.74) is -0.352. The van der Waals surface area contributed by atoms with Gasteiger partial charge in [0.05, 0.1) is 6.07 Å². The molecule has 0 bridgehead atoms. The van der Waals surface area contributed by atoms with Crippen LogP contribution in [0.3, 0.4) is 0 Å². The van der Waals surface area contributed by atoms with Crippen LogP contribution in [0, 0.1) is 23.2 Å². The molecule has 1 saturated carbocycles. The third-order valence-corrected chi connectivity index (χ3v) is 5.06. The summed E-state index contributed by atoms with van der Waals surface area (Å²) < 4.78 is 0. The molecule has 2 aliphatic rings. The van der Waals surface area contributed by atoms with Gasteiger partial charge in [-0.1, -0.05) is 6.42 Å². The first-order chi connectivity index (χ1) is 9.52. The minimum absolute atomic E-state index is 0.352. The van der Waals surface area contributed by atoms with Crippen LogP contribution in [0.1, 0.15) is 59.3 Å². The molecule has 0 amide bonds. The molecular weight excluding hydrogens is 246 g/mol. The molecule has 1 saturated heterocycles. The number of fused-ring (bicyclic) bond motifs is 1. The van der Waals surface area contributed by atoms with Crippen LogP contribution in [-0.4, -0.2) is 36.1 Å². The third kappa shape index (κ3) is 4.20. The van der Waals surface area contributed by atoms with Gasteiger partial charge in [0.2, 0.25) is 0 Å². The topological polar surface area (TPSA) is 39.1 Å². The Kier molecular flexibility index (Phi) is 5.46. The fourth-order valence-electron chi connectivity index (χ4n) is 4.13. The SMILES string of the molecule is CC(C)NC(C)(C#N)CCCCN1CC2CCCC2C1. The summed E-state index contributed by atoms with van der Waals surface area (Å²) in [6.07, 6.45) is 7.73. The van der Waals surface area contributed by atoms with Gasteiger partial charge in [-0.15, -0.1) is 0 Å². The van der Waals surface area contributed by atoms with Crippen molar-refractivity contribution in [1.82, 2.24) is 10.2 Å². The predicted octanol–water partition coefficient (Wildman–Crippen LogP) is 3.17. The van der Waals surface area contributed by atoms with Gasteiger partial charge in [-0.2, -0.15) is 5.26 Å². The van der Waals surface area contributed by atoms with E-state index in [0.717, 1.165) is 24.7 Å². The Morgan fingerprint density at radius 2 is 1.90 bits per heavy atom. The molecule has 20 heavy (non-hydrogen) atoms. The molecule has 0 radical (unpaired) electrons. The molecule has 3 atom stereocenters. The van der Waals surface area contributed by atoms with Crippen LogP contribution in [0.4, 0.5) is 0 Å². The first-order valence-electron chi connectivity index (χ1n) is 8.44. The zero-order valence-electron chi connectivity index (χ0n) is 13.5. The Morgan fingerprint density at radius 3 is 2.45 bits per heavy atom. The van der Waals surface area contributed by atoms with Crippen LogP contribution in [-0.2, 0) is 0 Å². The Balaban J connectivity index is 1.63. The number of likely N-dealkylation sites (tertiary alicyclic amines) is 1. The number of nitrogens with zero attached hydrogens (tertiary/aromatic N) is 2. The van der Waals surface area contributed by atoms with E-state index in [0.29, 0.717) is 6.04 Å². The van der Waals surface area contributed by atoms with Crippen molar-refractivity contribution in [2.75, 3.05) is 19.6 Å². The monoisotopic (exact) mass is 277 g/mol. The molecule has 2 fully saturated rings. The van der Waals surface area contributed by atoms with E-state index in [1.807, 2.05) is 6.92 Å². The second kappa shape index (κ2) is 6.91. The number of hydrogen-bond acceptors (Lipinski definition) is 3. The number of nitrogens with one attached hydrogen (secondary N) is 1. The van der Waals surface area contributed by atoms with Crippen LogP contribution >= 0.6 is 0 Å². The van der Waals surface area contributed by atoms with Crippen molar-refractivity contribution in [2.45, 2.75) is 70.9 Å². The maximum Gasteiger partial charge on any atom is 0.104 e. The highest BCUT2D eigenvalue weighted by Gasteiger charge is 2.35. The Bertz CT molecular complexity index is 335. The first-order valence-corrected chi connectivity index (χ1v) is 8.44. The minimum Gasteiger partial charge on any atom is -0.303 e. The van der Waals surface area contributed by atoms with E-state index in [-0.39, 0.29) is 5.54 Å². The maximum atomic E-state index is 9.33. The van der Waals surface area contributed by atoms with Gasteiger partial charge in [-0.05, 0) is 71.3 Å². The average Bonchev–Trinajstić information content (AvgIpc) is 2.94. The number of unbranched alkanes of at least 4 members (excludes halogenated alkanes) is 1. The predicted molar refractivity (Wildman–Crippen MR) is 83.4 cm³/mol. The normalized spacial score (nSPS) is 29.4. The van der Waals surface area contributed by atoms with Crippen LogP contribution < -0.4 is 5.32 Å². The van der Waals surface area contributed by atoms with Crippen molar-refractivity contribution in [3.63, 3.8) is 0 Å². The van der Waals surface area contributed by atoms with Crippen LogP contribution in [0.25, 0.3) is 0 Å². The first kappa shape index (κ1) is 15.8. The molecule has 3 unspecified atom stereocenters. The number of rotatable bonds is 7. The molecule has 114 valence electrons. The Morgan fingerprint density at radius 1 is 1.25 bits per heavy atom. The van der Waals surface area contributed by atoms with E-state index >= 15 is 0 Å². The second-order valence-electron chi connectivity index (χ2n) is 7.41. The quantitative estimate of drug-likeness (QED) is 0.727. The van der Waals surface area contributed by atoms with Gasteiger partial charge in [0.15, 0.2) is 0 Å². The Labute approximate surface area is 124 Å². The average molecular weight is 277 g/mol. The molecule has 1 N–H and O–H groups in total. The van der Waals surface area contributed by atoms with E-state index in [1.165, 1.54) is 45.3 Å². The summed E-state index contributed by atoms with van der Waals surface area (Å²) in [6.45, 7) is 10.2. The third-order valence-electron chi connectivity index (χ3n) is 5.06. The molecule has 0 aromatic rings. The van der Waals surface area contributed by atoms with Gasteiger partial charge in [-0.25, -0.2) is 0 Å². The maximum absolute atomic E-state index is 9.33. The van der Waals surface area contributed by atoms with Gasteiger partial charge in [0.1, 0.15) is 5.54 Å². The highest BCUT2D eigenvalue weighted by atomic mass is 15.2. The lowest BCUT2D eigenvalue weighted by molar-refractivity contribution is 0.292. The summed E-state index contributed by atoms with van der Waals surface area (Å²) in [5.74, 6) is 2.00. The van der Waals surface area contributed by atoms with E-state index < -0.39 is 0 Å². The van der Waals surface area contributed by atoms with Gasteiger partial charge in [0.25, 0.3) is 0 Å². The van der Waals surface area contributed by atoms with Gasteiger partial charge in [0, 0.05) is 19.1 Å². The molecular formula is C17H31N3. The van der Waals surface area contributed by atoms with E-state index in [1.54, 1.807) is 0 Å². The lowest BCUT2D eigenvalue weighted by Crippen LogP contribution is -2.44. The van der Waals surface area contributed by atoms with E-state index in [4.69, 9.17) is 0 Å². The van der Waals surface area contributed by atoms with Crippen molar-refractivity contribution in [3.05, 3.63) is 0 Å². The largest absolute Gasteiger partial charge is 0.303 e. The standard InChI is InChI=1S/C17H31N3/c1-14(2)19-17(3,13-18)9-4-5-10-20-11-15-7-6-8-16(15)12-20/h14-16,19H,4-12H2,1-3H3. The molecule has 1 aliphatic carbocycles. The fourth-order valence-corrected chi connectivity index (χ4v) is 4.13. The van der Waals surface area contributed by atoms with Crippen LogP contribution in [0.5, 0.6) is 0 Å². The van der Waals surface area contributed by atoms with E-state index in [2.05, 4.69) is 30.1 Å². The van der Waals surface area contributed by atoms with E-state index in [9.17, 15) is 5.26 Å². The van der Waals surface area contributed by atoms with Crippen LogP contribution in [0.2, 0.25) is 0 Å². The van der Waals surface area contributed by atoms with Crippen LogP contribution in [0.15, 0.2) is 0 Å². The van der Waals surface area contributed by atoms with Crippen molar-refractivity contribution in [3.8, 4) is 6.07 Å². The zero-order valence-corrected chi connectivity index (χ0v) is 13.5. The minimum atomic E-state index is -0.352. The number of nitriles is 1. The summed E-state index contributed by atoms with van der Waals surface area (Å²) in [7, 11) is 0. The summed E-state index contributed by atoms with van der Waals surface area (Å²) >= 11 is 0. The fraction of sp³-hybridized carbons (Fsp3) is 0.941.